The average Bonchev–Trinajstić information content (AvgIpc) is 2.83. The van der Waals surface area contributed by atoms with Gasteiger partial charge in [-0.2, -0.15) is 0 Å². The molecule has 0 radical (unpaired) electrons. The lowest BCUT2D eigenvalue weighted by Gasteiger charge is -2.24. The van der Waals surface area contributed by atoms with Crippen LogP contribution >= 0.6 is 0 Å². The van der Waals surface area contributed by atoms with Gasteiger partial charge in [-0.15, -0.1) is 0 Å². The molecule has 2 atom stereocenters. The van der Waals surface area contributed by atoms with Crippen molar-refractivity contribution in [1.82, 2.24) is 0 Å². The Morgan fingerprint density at radius 3 is 1.75 bits per heavy atom. The summed E-state index contributed by atoms with van der Waals surface area (Å²) >= 11 is 0. The number of rotatable bonds is 8. The summed E-state index contributed by atoms with van der Waals surface area (Å²) in [7, 11) is 1.57. The third-order valence-corrected chi connectivity index (χ3v) is 5.11. The van der Waals surface area contributed by atoms with E-state index in [1.807, 2.05) is 86.7 Å². The van der Waals surface area contributed by atoms with Gasteiger partial charge in [0.2, 0.25) is 0 Å². The molecule has 0 aromatic heterocycles. The summed E-state index contributed by atoms with van der Waals surface area (Å²) in [6.07, 6.45) is 5.99. The third-order valence-electron chi connectivity index (χ3n) is 5.11. The SMILES string of the molecule is C/C=C/c1ccc(C(O)C(OC(=O)c2ccc(OC)cc2)c2ccc(/C=C/C)cc2)cc1. The molecule has 0 saturated heterocycles. The Labute approximate surface area is 189 Å². The van der Waals surface area contributed by atoms with Crippen LogP contribution in [0.25, 0.3) is 12.2 Å². The highest BCUT2D eigenvalue weighted by molar-refractivity contribution is 5.89. The molecule has 2 unspecified atom stereocenters. The zero-order valence-electron chi connectivity index (χ0n) is 18.6. The number of benzene rings is 3. The van der Waals surface area contributed by atoms with Crippen molar-refractivity contribution >= 4 is 18.1 Å². The minimum atomic E-state index is -1.02. The van der Waals surface area contributed by atoms with Crippen LogP contribution in [0.5, 0.6) is 5.75 Å². The van der Waals surface area contributed by atoms with Crippen LogP contribution in [0.1, 0.15) is 58.7 Å². The van der Waals surface area contributed by atoms with Crippen molar-refractivity contribution in [1.29, 1.82) is 0 Å². The summed E-state index contributed by atoms with van der Waals surface area (Å²) in [6.45, 7) is 3.91. The van der Waals surface area contributed by atoms with Gasteiger partial charge in [-0.25, -0.2) is 4.79 Å². The number of aliphatic hydroxyl groups excluding tert-OH is 1. The van der Waals surface area contributed by atoms with Crippen LogP contribution in [0.2, 0.25) is 0 Å². The maximum Gasteiger partial charge on any atom is 0.338 e. The van der Waals surface area contributed by atoms with Gasteiger partial charge >= 0.3 is 5.97 Å². The molecule has 0 bridgehead atoms. The molecule has 32 heavy (non-hydrogen) atoms. The van der Waals surface area contributed by atoms with Gasteiger partial charge in [0.15, 0.2) is 6.10 Å². The quantitative estimate of drug-likeness (QED) is 0.422. The number of carbonyl (C=O) groups excluding carboxylic acids is 1. The van der Waals surface area contributed by atoms with E-state index in [-0.39, 0.29) is 0 Å². The van der Waals surface area contributed by atoms with Crippen LogP contribution < -0.4 is 4.74 Å². The maximum absolute atomic E-state index is 12.9. The minimum Gasteiger partial charge on any atom is -0.497 e. The number of ether oxygens (including phenoxy) is 2. The Balaban J connectivity index is 1.91. The van der Waals surface area contributed by atoms with E-state index in [2.05, 4.69) is 0 Å². The fourth-order valence-electron chi connectivity index (χ4n) is 3.39. The molecule has 4 heteroatoms. The Kier molecular flexibility index (Phi) is 8.01. The van der Waals surface area contributed by atoms with E-state index in [0.717, 1.165) is 11.1 Å². The second-order valence-corrected chi connectivity index (χ2v) is 7.33. The van der Waals surface area contributed by atoms with Gasteiger partial charge in [0.25, 0.3) is 0 Å². The van der Waals surface area contributed by atoms with E-state index in [4.69, 9.17) is 9.47 Å². The van der Waals surface area contributed by atoms with Crippen LogP contribution in [-0.4, -0.2) is 18.2 Å². The number of allylic oxidation sites excluding steroid dienone is 2. The third kappa shape index (κ3) is 5.74. The summed E-state index contributed by atoms with van der Waals surface area (Å²) in [4.78, 5) is 12.9. The molecule has 0 saturated carbocycles. The number of aliphatic hydroxyl groups is 1. The van der Waals surface area contributed by atoms with Crippen molar-refractivity contribution in [3.05, 3.63) is 113 Å². The van der Waals surface area contributed by atoms with Gasteiger partial charge in [0.1, 0.15) is 11.9 Å². The molecule has 3 rings (SSSR count). The molecule has 0 aliphatic heterocycles. The molecule has 3 aromatic carbocycles. The molecule has 0 aliphatic rings. The number of hydrogen-bond donors (Lipinski definition) is 1. The van der Waals surface area contributed by atoms with Crippen LogP contribution in [-0.2, 0) is 4.74 Å². The predicted molar refractivity (Wildman–Crippen MR) is 128 cm³/mol. The van der Waals surface area contributed by atoms with Crippen molar-refractivity contribution < 1.29 is 19.4 Å². The van der Waals surface area contributed by atoms with Gasteiger partial charge in [-0.1, -0.05) is 72.8 Å². The summed E-state index contributed by atoms with van der Waals surface area (Å²) < 4.78 is 11.0. The Hall–Kier alpha value is -3.63. The smallest absolute Gasteiger partial charge is 0.338 e. The molecular weight excluding hydrogens is 400 g/mol. The second-order valence-electron chi connectivity index (χ2n) is 7.33. The number of methoxy groups -OCH3 is 1. The Morgan fingerprint density at radius 2 is 1.28 bits per heavy atom. The molecule has 4 nitrogen and oxygen atoms in total. The van der Waals surface area contributed by atoms with Crippen LogP contribution in [0, 0.1) is 0 Å². The lowest BCUT2D eigenvalue weighted by molar-refractivity contribution is -0.0209. The first kappa shape index (κ1) is 23.0. The number of hydrogen-bond acceptors (Lipinski definition) is 4. The van der Waals surface area contributed by atoms with Gasteiger partial charge in [0, 0.05) is 0 Å². The second kappa shape index (κ2) is 11.1. The molecule has 0 spiro atoms. The molecule has 0 heterocycles. The van der Waals surface area contributed by atoms with Crippen molar-refractivity contribution in [2.45, 2.75) is 26.1 Å². The van der Waals surface area contributed by atoms with Crippen molar-refractivity contribution in [3.8, 4) is 5.75 Å². The number of esters is 1. The van der Waals surface area contributed by atoms with Crippen LogP contribution in [0.3, 0.4) is 0 Å². The highest BCUT2D eigenvalue weighted by atomic mass is 16.6. The molecule has 164 valence electrons. The Bertz CT molecular complexity index is 1060. The standard InChI is InChI=1S/C28H28O4/c1-4-6-20-8-12-22(13-9-20)26(29)27(23-14-10-21(7-5-2)11-15-23)32-28(30)24-16-18-25(31-3)19-17-24/h4-19,26-27,29H,1-3H3/b6-4+,7-5+. The molecule has 3 aromatic rings. The van der Waals surface area contributed by atoms with Crippen molar-refractivity contribution in [3.63, 3.8) is 0 Å². The van der Waals surface area contributed by atoms with E-state index < -0.39 is 18.2 Å². The lowest BCUT2D eigenvalue weighted by Crippen LogP contribution is -2.19. The largest absolute Gasteiger partial charge is 0.497 e. The summed E-state index contributed by atoms with van der Waals surface area (Å²) in [5, 5.41) is 11.2. The topological polar surface area (TPSA) is 55.8 Å². The fourth-order valence-corrected chi connectivity index (χ4v) is 3.39. The Morgan fingerprint density at radius 1 is 0.781 bits per heavy atom. The van der Waals surface area contributed by atoms with Gasteiger partial charge in [0.05, 0.1) is 12.7 Å². The molecule has 0 fully saturated rings. The summed E-state index contributed by atoms with van der Waals surface area (Å²) in [6, 6.07) is 21.9. The average molecular weight is 429 g/mol. The first-order chi connectivity index (χ1) is 15.5. The zero-order valence-corrected chi connectivity index (χ0v) is 18.6. The first-order valence-electron chi connectivity index (χ1n) is 10.5. The summed E-state index contributed by atoms with van der Waals surface area (Å²) in [5.74, 6) is 0.138. The van der Waals surface area contributed by atoms with Gasteiger partial charge < -0.3 is 14.6 Å². The normalized spacial score (nSPS) is 13.2. The van der Waals surface area contributed by atoms with Gasteiger partial charge in [-0.3, -0.25) is 0 Å². The highest BCUT2D eigenvalue weighted by Crippen LogP contribution is 2.33. The molecule has 0 aliphatic carbocycles. The molecular formula is C28H28O4. The van der Waals surface area contributed by atoms with E-state index in [1.165, 1.54) is 0 Å². The fraction of sp³-hybridized carbons (Fsp3) is 0.179. The van der Waals surface area contributed by atoms with E-state index in [0.29, 0.717) is 22.4 Å². The minimum absolute atomic E-state index is 0.386. The summed E-state index contributed by atoms with van der Waals surface area (Å²) in [5.41, 5.74) is 3.83. The van der Waals surface area contributed by atoms with Crippen LogP contribution in [0.4, 0.5) is 0 Å². The molecule has 1 N–H and O–H groups in total. The highest BCUT2D eigenvalue weighted by Gasteiger charge is 2.27. The van der Waals surface area contributed by atoms with E-state index >= 15 is 0 Å². The van der Waals surface area contributed by atoms with Gasteiger partial charge in [-0.05, 0) is 60.4 Å². The maximum atomic E-state index is 12.9. The lowest BCUT2D eigenvalue weighted by atomic mass is 9.96. The van der Waals surface area contributed by atoms with Crippen LogP contribution in [0.15, 0.2) is 84.9 Å². The van der Waals surface area contributed by atoms with E-state index in [1.54, 1.807) is 31.4 Å². The predicted octanol–water partition coefficient (Wildman–Crippen LogP) is 6.39. The number of carbonyl (C=O) groups is 1. The van der Waals surface area contributed by atoms with E-state index in [9.17, 15) is 9.90 Å². The monoisotopic (exact) mass is 428 g/mol. The van der Waals surface area contributed by atoms with Crippen molar-refractivity contribution in [2.24, 2.45) is 0 Å². The first-order valence-corrected chi connectivity index (χ1v) is 10.5. The molecule has 0 amide bonds. The van der Waals surface area contributed by atoms with Crippen molar-refractivity contribution in [2.75, 3.05) is 7.11 Å². The zero-order chi connectivity index (χ0) is 22.9.